The molecule has 2 N–H and O–H groups in total. The first-order valence-electron chi connectivity index (χ1n) is 3.51. The van der Waals surface area contributed by atoms with E-state index in [0.717, 1.165) is 12.1 Å². The minimum absolute atomic E-state index is 0.883. The van der Waals surface area contributed by atoms with Gasteiger partial charge in [0.25, 0.3) is 0 Å². The molecular formula is C6H17NSi. The summed E-state index contributed by atoms with van der Waals surface area (Å²) < 4.78 is 0. The Bertz CT molecular complexity index is 41.8. The van der Waals surface area contributed by atoms with Crippen LogP contribution in [0.1, 0.15) is 26.2 Å². The lowest BCUT2D eigenvalue weighted by atomic mass is 10.2. The lowest BCUT2D eigenvalue weighted by Crippen LogP contribution is -2.03. The standard InChI is InChI=1S/C6H17NSi/c1-2-3-6(8)4-5-7/h6H,2-5,7H2,1,8H3. The van der Waals surface area contributed by atoms with Crippen LogP contribution in [0.4, 0.5) is 0 Å². The van der Waals surface area contributed by atoms with Gasteiger partial charge < -0.3 is 5.73 Å². The molecule has 0 amide bonds. The fourth-order valence-corrected chi connectivity index (χ4v) is 1.83. The molecule has 50 valence electrons. The molecule has 0 saturated heterocycles. The zero-order valence-corrected chi connectivity index (χ0v) is 7.98. The van der Waals surface area contributed by atoms with Crippen LogP contribution in [0.2, 0.25) is 5.54 Å². The van der Waals surface area contributed by atoms with Crippen molar-refractivity contribution >= 4 is 10.2 Å². The number of nitrogens with two attached hydrogens (primary N) is 1. The first-order valence-corrected chi connectivity index (χ1v) is 4.66. The van der Waals surface area contributed by atoms with Crippen LogP contribution in [-0.2, 0) is 0 Å². The van der Waals surface area contributed by atoms with Crippen molar-refractivity contribution in [1.29, 1.82) is 0 Å². The van der Waals surface area contributed by atoms with E-state index in [1.165, 1.54) is 29.5 Å². The van der Waals surface area contributed by atoms with E-state index in [-0.39, 0.29) is 0 Å². The molecule has 0 heterocycles. The third kappa shape index (κ3) is 4.34. The summed E-state index contributed by atoms with van der Waals surface area (Å²) in [5.74, 6) is 0. The first kappa shape index (κ1) is 8.18. The zero-order chi connectivity index (χ0) is 6.41. The fourth-order valence-electron chi connectivity index (χ4n) is 0.922. The Morgan fingerprint density at radius 2 is 2.12 bits per heavy atom. The number of hydrogen-bond donors (Lipinski definition) is 1. The van der Waals surface area contributed by atoms with Gasteiger partial charge in [0.05, 0.1) is 0 Å². The van der Waals surface area contributed by atoms with Crippen molar-refractivity contribution in [2.24, 2.45) is 5.73 Å². The van der Waals surface area contributed by atoms with Gasteiger partial charge in [0.1, 0.15) is 0 Å². The fraction of sp³-hybridized carbons (Fsp3) is 1.00. The highest BCUT2D eigenvalue weighted by Gasteiger charge is 1.96. The average molecular weight is 131 g/mol. The summed E-state index contributed by atoms with van der Waals surface area (Å²) >= 11 is 0. The quantitative estimate of drug-likeness (QED) is 0.545. The molecule has 0 saturated carbocycles. The summed E-state index contributed by atoms with van der Waals surface area (Å²) in [6.07, 6.45) is 3.97. The van der Waals surface area contributed by atoms with Gasteiger partial charge in [0.15, 0.2) is 0 Å². The predicted octanol–water partition coefficient (Wildman–Crippen LogP) is 0.289. The molecule has 0 aliphatic rings. The van der Waals surface area contributed by atoms with E-state index in [0.29, 0.717) is 0 Å². The Labute approximate surface area is 55.1 Å². The summed E-state index contributed by atoms with van der Waals surface area (Å²) in [5, 5.41) is 0. The topological polar surface area (TPSA) is 26.0 Å². The van der Waals surface area contributed by atoms with Crippen LogP contribution < -0.4 is 5.73 Å². The molecule has 1 nitrogen and oxygen atoms in total. The van der Waals surface area contributed by atoms with E-state index < -0.39 is 0 Å². The molecule has 0 aromatic rings. The Kier molecular flexibility index (Phi) is 5.43. The van der Waals surface area contributed by atoms with Gasteiger partial charge in [-0.05, 0) is 13.0 Å². The van der Waals surface area contributed by atoms with E-state index >= 15 is 0 Å². The van der Waals surface area contributed by atoms with Gasteiger partial charge in [-0.25, -0.2) is 0 Å². The maximum atomic E-state index is 5.38. The normalized spacial score (nSPS) is 14.2. The third-order valence-corrected chi connectivity index (χ3v) is 2.60. The van der Waals surface area contributed by atoms with E-state index in [1.807, 2.05) is 0 Å². The van der Waals surface area contributed by atoms with Crippen molar-refractivity contribution in [2.75, 3.05) is 6.54 Å². The van der Waals surface area contributed by atoms with Gasteiger partial charge in [-0.2, -0.15) is 0 Å². The zero-order valence-electron chi connectivity index (χ0n) is 5.98. The molecule has 0 aliphatic carbocycles. The monoisotopic (exact) mass is 131 g/mol. The third-order valence-electron chi connectivity index (χ3n) is 1.44. The Morgan fingerprint density at radius 3 is 2.50 bits per heavy atom. The van der Waals surface area contributed by atoms with Crippen LogP contribution in [0.15, 0.2) is 0 Å². The second-order valence-corrected chi connectivity index (χ2v) is 4.10. The van der Waals surface area contributed by atoms with Gasteiger partial charge in [-0.15, -0.1) is 0 Å². The second kappa shape index (κ2) is 5.32. The highest BCUT2D eigenvalue weighted by Crippen LogP contribution is 2.10. The maximum absolute atomic E-state index is 5.38. The van der Waals surface area contributed by atoms with Crippen molar-refractivity contribution in [1.82, 2.24) is 0 Å². The van der Waals surface area contributed by atoms with Crippen molar-refractivity contribution in [2.45, 2.75) is 31.7 Å². The summed E-state index contributed by atoms with van der Waals surface area (Å²) in [6.45, 7) is 3.12. The van der Waals surface area contributed by atoms with Gasteiger partial charge in [-0.1, -0.05) is 25.3 Å². The average Bonchev–Trinajstić information content (AvgIpc) is 1.68. The van der Waals surface area contributed by atoms with E-state index in [4.69, 9.17) is 5.73 Å². The molecule has 0 radical (unpaired) electrons. The highest BCUT2D eigenvalue weighted by molar-refractivity contribution is 6.11. The highest BCUT2D eigenvalue weighted by atomic mass is 28.1. The van der Waals surface area contributed by atoms with E-state index in [2.05, 4.69) is 6.92 Å². The largest absolute Gasteiger partial charge is 0.330 e. The van der Waals surface area contributed by atoms with Crippen LogP contribution in [0.5, 0.6) is 0 Å². The lowest BCUT2D eigenvalue weighted by molar-refractivity contribution is 0.673. The molecule has 0 bridgehead atoms. The van der Waals surface area contributed by atoms with Crippen LogP contribution in [0.25, 0.3) is 0 Å². The maximum Gasteiger partial charge on any atom is 0.00679 e. The van der Waals surface area contributed by atoms with E-state index in [1.54, 1.807) is 0 Å². The Hall–Kier alpha value is 0.177. The van der Waals surface area contributed by atoms with Crippen LogP contribution in [0.3, 0.4) is 0 Å². The lowest BCUT2D eigenvalue weighted by Gasteiger charge is -2.05. The number of hydrogen-bond acceptors (Lipinski definition) is 1. The van der Waals surface area contributed by atoms with Crippen molar-refractivity contribution in [3.63, 3.8) is 0 Å². The summed E-state index contributed by atoms with van der Waals surface area (Å²) in [5.41, 5.74) is 6.36. The predicted molar refractivity (Wildman–Crippen MR) is 42.3 cm³/mol. The van der Waals surface area contributed by atoms with Gasteiger partial charge >= 0.3 is 0 Å². The van der Waals surface area contributed by atoms with Crippen molar-refractivity contribution in [3.8, 4) is 0 Å². The second-order valence-electron chi connectivity index (χ2n) is 2.47. The molecular weight excluding hydrogens is 114 g/mol. The molecule has 0 aromatic carbocycles. The minimum Gasteiger partial charge on any atom is -0.330 e. The van der Waals surface area contributed by atoms with Gasteiger partial charge in [-0.3, -0.25) is 0 Å². The van der Waals surface area contributed by atoms with Crippen LogP contribution in [0, 0.1) is 0 Å². The van der Waals surface area contributed by atoms with Gasteiger partial charge in [0.2, 0.25) is 0 Å². The Morgan fingerprint density at radius 1 is 1.50 bits per heavy atom. The van der Waals surface area contributed by atoms with Crippen molar-refractivity contribution < 1.29 is 0 Å². The van der Waals surface area contributed by atoms with Gasteiger partial charge in [0, 0.05) is 10.2 Å². The molecule has 2 heteroatoms. The minimum atomic E-state index is 0.883. The molecule has 0 fully saturated rings. The summed E-state index contributed by atoms with van der Waals surface area (Å²) in [6, 6.07) is 0. The summed E-state index contributed by atoms with van der Waals surface area (Å²) in [4.78, 5) is 0. The molecule has 1 unspecified atom stereocenters. The van der Waals surface area contributed by atoms with Crippen LogP contribution >= 0.6 is 0 Å². The molecule has 0 aliphatic heterocycles. The molecule has 0 rings (SSSR count). The Balaban J connectivity index is 2.92. The molecule has 0 spiro atoms. The molecule has 0 aromatic heterocycles. The summed E-state index contributed by atoms with van der Waals surface area (Å²) in [7, 11) is 1.33. The van der Waals surface area contributed by atoms with Crippen LogP contribution in [-0.4, -0.2) is 16.8 Å². The smallest absolute Gasteiger partial charge is 0.00679 e. The SMILES string of the molecule is CCCC([SiH3])CCN. The van der Waals surface area contributed by atoms with Crippen molar-refractivity contribution in [3.05, 3.63) is 0 Å². The van der Waals surface area contributed by atoms with E-state index in [9.17, 15) is 0 Å². The molecule has 8 heavy (non-hydrogen) atoms. The number of rotatable bonds is 4. The first-order chi connectivity index (χ1) is 3.81. The molecule has 1 atom stereocenters.